The second kappa shape index (κ2) is 7.83. The molecule has 0 unspecified atom stereocenters. The van der Waals surface area contributed by atoms with Gasteiger partial charge in [-0.15, -0.1) is 0 Å². The van der Waals surface area contributed by atoms with Gasteiger partial charge in [0.15, 0.2) is 10.9 Å². The number of hydrogen-bond acceptors (Lipinski definition) is 5. The van der Waals surface area contributed by atoms with Gasteiger partial charge in [0, 0.05) is 17.3 Å². The molecule has 0 bridgehead atoms. The van der Waals surface area contributed by atoms with Crippen LogP contribution in [0.25, 0.3) is 10.9 Å². The van der Waals surface area contributed by atoms with Gasteiger partial charge in [0.05, 0.1) is 16.2 Å². The summed E-state index contributed by atoms with van der Waals surface area (Å²) in [7, 11) is 0. The highest BCUT2D eigenvalue weighted by atomic mass is 32.2. The molecule has 2 aromatic carbocycles. The van der Waals surface area contributed by atoms with Crippen LogP contribution >= 0.6 is 11.8 Å². The molecule has 148 valence electrons. The Balaban J connectivity index is 1.58. The highest BCUT2D eigenvalue weighted by molar-refractivity contribution is 8.00. The van der Waals surface area contributed by atoms with Crippen LogP contribution in [0.2, 0.25) is 0 Å². The molecular formula is C22H21N3O3S. The summed E-state index contributed by atoms with van der Waals surface area (Å²) in [5, 5.41) is 3.55. The quantitative estimate of drug-likeness (QED) is 0.379. The topological polar surface area (TPSA) is 81.1 Å². The Bertz CT molecular complexity index is 1170. The minimum absolute atomic E-state index is 0.0534. The molecule has 1 aliphatic rings. The van der Waals surface area contributed by atoms with Gasteiger partial charge in [0.2, 0.25) is 5.91 Å². The third kappa shape index (κ3) is 4.10. The van der Waals surface area contributed by atoms with Crippen molar-refractivity contribution < 1.29 is 9.59 Å². The van der Waals surface area contributed by atoms with Crippen LogP contribution in [0.5, 0.6) is 0 Å². The van der Waals surface area contributed by atoms with Gasteiger partial charge < -0.3 is 5.32 Å². The van der Waals surface area contributed by atoms with Gasteiger partial charge in [-0.05, 0) is 51.0 Å². The van der Waals surface area contributed by atoms with Crippen molar-refractivity contribution in [3.05, 3.63) is 64.4 Å². The fraction of sp³-hybridized carbons (Fsp3) is 0.273. The highest BCUT2D eigenvalue weighted by Gasteiger charge is 2.30. The Hall–Kier alpha value is -2.93. The van der Waals surface area contributed by atoms with Crippen molar-refractivity contribution in [3.8, 4) is 0 Å². The summed E-state index contributed by atoms with van der Waals surface area (Å²) in [6, 6.07) is 14.3. The number of anilines is 1. The van der Waals surface area contributed by atoms with Crippen LogP contribution in [0.1, 0.15) is 43.1 Å². The van der Waals surface area contributed by atoms with Gasteiger partial charge >= 0.3 is 0 Å². The molecule has 0 spiro atoms. The summed E-state index contributed by atoms with van der Waals surface area (Å²) in [5.74, 6) is -0.266. The van der Waals surface area contributed by atoms with E-state index in [0.29, 0.717) is 27.3 Å². The Morgan fingerprint density at radius 3 is 2.66 bits per heavy atom. The lowest BCUT2D eigenvalue weighted by atomic mass is 10.1. The molecule has 0 aliphatic heterocycles. The van der Waals surface area contributed by atoms with Crippen LogP contribution in [0, 0.1) is 0 Å². The number of rotatable bonds is 6. The van der Waals surface area contributed by atoms with E-state index in [2.05, 4.69) is 10.3 Å². The molecule has 1 saturated carbocycles. The predicted molar refractivity (Wildman–Crippen MR) is 115 cm³/mol. The monoisotopic (exact) mass is 407 g/mol. The largest absolute Gasteiger partial charge is 0.325 e. The van der Waals surface area contributed by atoms with Crippen LogP contribution in [-0.2, 0) is 4.79 Å². The van der Waals surface area contributed by atoms with Gasteiger partial charge in [0.25, 0.3) is 5.56 Å². The smallest absolute Gasteiger partial charge is 0.262 e. The van der Waals surface area contributed by atoms with Gasteiger partial charge in [-0.25, -0.2) is 4.98 Å². The maximum Gasteiger partial charge on any atom is 0.262 e. The van der Waals surface area contributed by atoms with Gasteiger partial charge in [-0.3, -0.25) is 19.0 Å². The maximum atomic E-state index is 13.0. The fourth-order valence-electron chi connectivity index (χ4n) is 3.13. The number of nitrogens with one attached hydrogen (secondary N) is 1. The molecule has 0 radical (unpaired) electrons. The number of benzene rings is 2. The first kappa shape index (κ1) is 19.4. The lowest BCUT2D eigenvalue weighted by Crippen LogP contribution is -2.26. The maximum absolute atomic E-state index is 13.0. The van der Waals surface area contributed by atoms with E-state index in [9.17, 15) is 14.4 Å². The first-order valence-corrected chi connectivity index (χ1v) is 10.4. The van der Waals surface area contributed by atoms with E-state index in [1.807, 2.05) is 18.2 Å². The number of para-hydroxylation sites is 1. The number of thioether (sulfide) groups is 1. The second-order valence-electron chi connectivity index (χ2n) is 7.20. The number of carbonyl (C=O) groups is 2. The van der Waals surface area contributed by atoms with E-state index in [-0.39, 0.29) is 23.3 Å². The average Bonchev–Trinajstić information content (AvgIpc) is 3.53. The van der Waals surface area contributed by atoms with Crippen LogP contribution in [0.4, 0.5) is 5.69 Å². The third-order valence-electron chi connectivity index (χ3n) is 4.88. The second-order valence-corrected chi connectivity index (χ2v) is 8.51. The number of carbonyl (C=O) groups excluding carboxylic acids is 2. The Labute approximate surface area is 172 Å². The van der Waals surface area contributed by atoms with E-state index >= 15 is 0 Å². The number of Topliss-reactive ketones (excluding diaryl/α,β-unsaturated/α-hetero) is 1. The van der Waals surface area contributed by atoms with Crippen molar-refractivity contribution in [2.75, 3.05) is 5.32 Å². The molecule has 3 aromatic rings. The summed E-state index contributed by atoms with van der Waals surface area (Å²) < 4.78 is 1.73. The van der Waals surface area contributed by atoms with E-state index in [4.69, 9.17) is 0 Å². The number of fused-ring (bicyclic) bond motifs is 1. The van der Waals surface area contributed by atoms with E-state index in [1.165, 1.54) is 18.7 Å². The molecular weight excluding hydrogens is 386 g/mol. The zero-order valence-corrected chi connectivity index (χ0v) is 17.0. The fourth-order valence-corrected chi connectivity index (χ4v) is 4.11. The highest BCUT2D eigenvalue weighted by Crippen LogP contribution is 2.37. The molecule has 29 heavy (non-hydrogen) atoms. The van der Waals surface area contributed by atoms with Crippen molar-refractivity contribution in [1.29, 1.82) is 0 Å². The van der Waals surface area contributed by atoms with Gasteiger partial charge in [-0.1, -0.05) is 36.0 Å². The van der Waals surface area contributed by atoms with Gasteiger partial charge in [-0.2, -0.15) is 0 Å². The molecule has 1 aliphatic carbocycles. The number of ketones is 1. The molecule has 7 heteroatoms. The average molecular weight is 407 g/mol. The van der Waals surface area contributed by atoms with Crippen LogP contribution in [0.3, 0.4) is 0 Å². The standard InChI is InChI=1S/C22H21N3O3S/c1-13(26)15-6-5-7-16(12-15)23-20(27)14(2)29-22-24-19-9-4-3-8-18(19)21(28)25(22)17-10-11-17/h3-9,12,14,17H,10-11H2,1-2H3,(H,23,27)/t14-/m0/s1. The van der Waals surface area contributed by atoms with Crippen molar-refractivity contribution in [2.45, 2.75) is 43.1 Å². The van der Waals surface area contributed by atoms with Crippen molar-refractivity contribution in [3.63, 3.8) is 0 Å². The van der Waals surface area contributed by atoms with Crippen molar-refractivity contribution >= 4 is 40.0 Å². The summed E-state index contributed by atoms with van der Waals surface area (Å²) in [6.07, 6.45) is 1.90. The lowest BCUT2D eigenvalue weighted by Gasteiger charge is -2.16. The summed E-state index contributed by atoms with van der Waals surface area (Å²) in [4.78, 5) is 41.9. The van der Waals surface area contributed by atoms with Crippen molar-refractivity contribution in [1.82, 2.24) is 9.55 Å². The Kier molecular flexibility index (Phi) is 5.24. The number of aromatic nitrogens is 2. The minimum Gasteiger partial charge on any atom is -0.325 e. The zero-order valence-electron chi connectivity index (χ0n) is 16.2. The van der Waals surface area contributed by atoms with E-state index in [0.717, 1.165) is 12.8 Å². The molecule has 0 saturated heterocycles. The summed E-state index contributed by atoms with van der Waals surface area (Å²) in [5.41, 5.74) is 1.70. The summed E-state index contributed by atoms with van der Waals surface area (Å²) in [6.45, 7) is 3.27. The van der Waals surface area contributed by atoms with Crippen molar-refractivity contribution in [2.24, 2.45) is 0 Å². The molecule has 1 atom stereocenters. The molecule has 1 heterocycles. The number of nitrogens with zero attached hydrogens (tertiary/aromatic N) is 2. The third-order valence-corrected chi connectivity index (χ3v) is 5.94. The number of hydrogen-bond donors (Lipinski definition) is 1. The van der Waals surface area contributed by atoms with Crippen LogP contribution in [-0.4, -0.2) is 26.5 Å². The van der Waals surface area contributed by atoms with E-state index in [1.54, 1.807) is 41.8 Å². The van der Waals surface area contributed by atoms with Crippen LogP contribution in [0.15, 0.2) is 58.5 Å². The lowest BCUT2D eigenvalue weighted by molar-refractivity contribution is -0.115. The van der Waals surface area contributed by atoms with Gasteiger partial charge in [0.1, 0.15) is 0 Å². The minimum atomic E-state index is -0.464. The van der Waals surface area contributed by atoms with Crippen LogP contribution < -0.4 is 10.9 Å². The summed E-state index contributed by atoms with van der Waals surface area (Å²) >= 11 is 1.28. The molecule has 1 fully saturated rings. The zero-order chi connectivity index (χ0) is 20.5. The predicted octanol–water partition coefficient (Wildman–Crippen LogP) is 4.05. The molecule has 1 aromatic heterocycles. The Morgan fingerprint density at radius 1 is 1.17 bits per heavy atom. The van der Waals surface area contributed by atoms with E-state index < -0.39 is 5.25 Å². The molecule has 6 nitrogen and oxygen atoms in total. The molecule has 1 amide bonds. The molecule has 1 N–H and O–H groups in total. The SMILES string of the molecule is CC(=O)c1cccc(NC(=O)[C@H](C)Sc2nc3ccccc3c(=O)n2C2CC2)c1. The molecule has 4 rings (SSSR count). The Morgan fingerprint density at radius 2 is 1.93 bits per heavy atom. The number of amides is 1. The normalized spacial score (nSPS) is 14.6. The first-order chi connectivity index (χ1) is 13.9. The first-order valence-electron chi connectivity index (χ1n) is 9.54.